The maximum Gasteiger partial charge on any atom is 0.0587 e. The van der Waals surface area contributed by atoms with Crippen LogP contribution in [0.3, 0.4) is 0 Å². The predicted molar refractivity (Wildman–Crippen MR) is 85.2 cm³/mol. The molecule has 0 radical (unpaired) electrons. The van der Waals surface area contributed by atoms with Crippen molar-refractivity contribution < 1.29 is 0 Å². The van der Waals surface area contributed by atoms with Crippen molar-refractivity contribution in [1.29, 1.82) is 0 Å². The molecule has 1 aliphatic rings. The zero-order valence-corrected chi connectivity index (χ0v) is 12.5. The quantitative estimate of drug-likeness (QED) is 0.678. The summed E-state index contributed by atoms with van der Waals surface area (Å²) in [6, 6.07) is 13.5. The molecule has 94 valence electrons. The summed E-state index contributed by atoms with van der Waals surface area (Å²) in [5, 5.41) is 2.89. The molecule has 2 aromatic rings. The SMILES string of the molecule is CCC1(C)SCc2cccc3cccc(c23)CS1. The Morgan fingerprint density at radius 3 is 2.06 bits per heavy atom. The third-order valence-corrected chi connectivity index (χ3v) is 7.20. The molecule has 0 fully saturated rings. The van der Waals surface area contributed by atoms with E-state index in [2.05, 4.69) is 73.8 Å². The molecule has 0 aliphatic carbocycles. The Morgan fingerprint density at radius 1 is 1.00 bits per heavy atom. The van der Waals surface area contributed by atoms with Gasteiger partial charge in [-0.2, -0.15) is 0 Å². The van der Waals surface area contributed by atoms with Gasteiger partial charge < -0.3 is 0 Å². The molecule has 0 unspecified atom stereocenters. The lowest BCUT2D eigenvalue weighted by Gasteiger charge is -2.30. The second-order valence-electron chi connectivity index (χ2n) is 5.00. The minimum atomic E-state index is 0.357. The van der Waals surface area contributed by atoms with Gasteiger partial charge in [0.2, 0.25) is 0 Å². The fourth-order valence-electron chi connectivity index (χ4n) is 2.45. The van der Waals surface area contributed by atoms with Crippen molar-refractivity contribution in [2.75, 3.05) is 0 Å². The van der Waals surface area contributed by atoms with E-state index in [1.807, 2.05) is 0 Å². The van der Waals surface area contributed by atoms with E-state index >= 15 is 0 Å². The van der Waals surface area contributed by atoms with Crippen LogP contribution >= 0.6 is 23.5 Å². The first-order valence-corrected chi connectivity index (χ1v) is 8.46. The van der Waals surface area contributed by atoms with E-state index in [0.717, 1.165) is 11.5 Å². The summed E-state index contributed by atoms with van der Waals surface area (Å²) < 4.78 is 0.357. The van der Waals surface area contributed by atoms with Gasteiger partial charge in [0.1, 0.15) is 0 Å². The number of thioether (sulfide) groups is 2. The van der Waals surface area contributed by atoms with Gasteiger partial charge in [0.25, 0.3) is 0 Å². The molecule has 18 heavy (non-hydrogen) atoms. The molecule has 0 N–H and O–H groups in total. The van der Waals surface area contributed by atoms with Gasteiger partial charge in [-0.3, -0.25) is 0 Å². The first-order chi connectivity index (χ1) is 8.72. The largest absolute Gasteiger partial charge is 0.140 e. The van der Waals surface area contributed by atoms with Gasteiger partial charge >= 0.3 is 0 Å². The number of hydrogen-bond acceptors (Lipinski definition) is 2. The number of hydrogen-bond donors (Lipinski definition) is 0. The van der Waals surface area contributed by atoms with Crippen molar-refractivity contribution in [3.05, 3.63) is 47.5 Å². The van der Waals surface area contributed by atoms with Crippen molar-refractivity contribution in [3.63, 3.8) is 0 Å². The highest BCUT2D eigenvalue weighted by atomic mass is 32.2. The van der Waals surface area contributed by atoms with E-state index in [1.165, 1.54) is 28.3 Å². The first kappa shape index (κ1) is 12.4. The maximum absolute atomic E-state index is 2.39. The molecule has 2 aromatic carbocycles. The summed E-state index contributed by atoms with van der Waals surface area (Å²) >= 11 is 4.20. The Balaban J connectivity index is 2.13. The van der Waals surface area contributed by atoms with Crippen LogP contribution in [0.25, 0.3) is 10.8 Å². The summed E-state index contributed by atoms with van der Waals surface area (Å²) in [6.07, 6.45) is 1.22. The average Bonchev–Trinajstić information content (AvgIpc) is 2.41. The zero-order valence-electron chi connectivity index (χ0n) is 10.9. The van der Waals surface area contributed by atoms with Gasteiger partial charge in [0.05, 0.1) is 4.08 Å². The van der Waals surface area contributed by atoms with Crippen molar-refractivity contribution in [2.45, 2.75) is 35.9 Å². The summed E-state index contributed by atoms with van der Waals surface area (Å²) in [5.74, 6) is 2.26. The zero-order chi connectivity index (χ0) is 12.6. The summed E-state index contributed by atoms with van der Waals surface area (Å²) in [4.78, 5) is 0. The monoisotopic (exact) mass is 274 g/mol. The molecule has 3 rings (SSSR count). The van der Waals surface area contributed by atoms with E-state index in [9.17, 15) is 0 Å². The number of rotatable bonds is 1. The van der Waals surface area contributed by atoms with Crippen LogP contribution in [-0.2, 0) is 11.5 Å². The molecule has 1 heterocycles. The van der Waals surface area contributed by atoms with Gasteiger partial charge in [-0.15, -0.1) is 23.5 Å². The minimum absolute atomic E-state index is 0.357. The third kappa shape index (κ3) is 2.17. The Bertz CT molecular complexity index is 532. The van der Waals surface area contributed by atoms with Crippen molar-refractivity contribution in [2.24, 2.45) is 0 Å². The predicted octanol–water partition coefficient (Wildman–Crippen LogP) is 5.45. The summed E-state index contributed by atoms with van der Waals surface area (Å²) in [7, 11) is 0. The smallest absolute Gasteiger partial charge is 0.0587 e. The molecule has 0 nitrogen and oxygen atoms in total. The Morgan fingerprint density at radius 2 is 1.56 bits per heavy atom. The van der Waals surface area contributed by atoms with Crippen LogP contribution in [0.1, 0.15) is 31.4 Å². The van der Waals surface area contributed by atoms with Crippen LogP contribution in [0.4, 0.5) is 0 Å². The maximum atomic E-state index is 2.39. The van der Waals surface area contributed by atoms with Crippen molar-refractivity contribution in [1.82, 2.24) is 0 Å². The topological polar surface area (TPSA) is 0 Å². The lowest BCUT2D eigenvalue weighted by Crippen LogP contribution is -2.15. The first-order valence-electron chi connectivity index (χ1n) is 6.49. The highest BCUT2D eigenvalue weighted by Gasteiger charge is 2.26. The fourth-order valence-corrected chi connectivity index (χ4v) is 4.95. The molecule has 1 aliphatic heterocycles. The normalized spacial score (nSPS) is 18.3. The van der Waals surface area contributed by atoms with Crippen LogP contribution in [0.5, 0.6) is 0 Å². The van der Waals surface area contributed by atoms with E-state index in [1.54, 1.807) is 0 Å². The van der Waals surface area contributed by atoms with Gasteiger partial charge in [-0.25, -0.2) is 0 Å². The number of benzene rings is 2. The third-order valence-electron chi connectivity index (χ3n) is 3.79. The van der Waals surface area contributed by atoms with Crippen LogP contribution in [-0.4, -0.2) is 4.08 Å². The van der Waals surface area contributed by atoms with E-state index in [4.69, 9.17) is 0 Å². The van der Waals surface area contributed by atoms with E-state index in [-0.39, 0.29) is 0 Å². The van der Waals surface area contributed by atoms with Gasteiger partial charge in [-0.05, 0) is 35.2 Å². The highest BCUT2D eigenvalue weighted by Crippen LogP contribution is 2.46. The molecule has 0 bridgehead atoms. The molecule has 0 spiro atoms. The Hall–Kier alpha value is -0.600. The van der Waals surface area contributed by atoms with Gasteiger partial charge in [0.15, 0.2) is 0 Å². The second kappa shape index (κ2) is 4.82. The van der Waals surface area contributed by atoms with Crippen LogP contribution < -0.4 is 0 Å². The van der Waals surface area contributed by atoms with Crippen molar-refractivity contribution >= 4 is 34.3 Å². The lowest BCUT2D eigenvalue weighted by atomic mass is 10.0. The molecule has 0 saturated carbocycles. The van der Waals surface area contributed by atoms with Crippen LogP contribution in [0.15, 0.2) is 36.4 Å². The molecule has 0 aromatic heterocycles. The highest BCUT2D eigenvalue weighted by molar-refractivity contribution is 8.17. The van der Waals surface area contributed by atoms with Crippen LogP contribution in [0.2, 0.25) is 0 Å². The van der Waals surface area contributed by atoms with Gasteiger partial charge in [0, 0.05) is 11.5 Å². The molecule has 0 amide bonds. The Labute approximate surface area is 118 Å². The standard InChI is InChI=1S/C16H18S2/c1-3-16(2)17-10-13-8-4-6-12-7-5-9-14(11-18-16)15(12)13/h4-9H,3,10-11H2,1-2H3. The summed E-state index contributed by atoms with van der Waals surface area (Å²) in [6.45, 7) is 4.69. The molecular weight excluding hydrogens is 256 g/mol. The fraction of sp³-hybridized carbons (Fsp3) is 0.375. The molecule has 0 saturated heterocycles. The Kier molecular flexibility index (Phi) is 3.33. The second-order valence-corrected chi connectivity index (χ2v) is 8.21. The average molecular weight is 274 g/mol. The van der Waals surface area contributed by atoms with E-state index in [0.29, 0.717) is 4.08 Å². The van der Waals surface area contributed by atoms with Crippen molar-refractivity contribution in [3.8, 4) is 0 Å². The molecule has 2 heteroatoms. The van der Waals surface area contributed by atoms with Gasteiger partial charge in [-0.1, -0.05) is 43.3 Å². The van der Waals surface area contributed by atoms with E-state index < -0.39 is 0 Å². The summed E-state index contributed by atoms with van der Waals surface area (Å²) in [5.41, 5.74) is 3.01. The molecule has 0 atom stereocenters. The molecular formula is C16H18S2. The minimum Gasteiger partial charge on any atom is -0.140 e. The lowest BCUT2D eigenvalue weighted by molar-refractivity contribution is 0.843. The van der Waals surface area contributed by atoms with Crippen LogP contribution in [0, 0.1) is 0 Å².